The molecule has 34 heavy (non-hydrogen) atoms. The molecule has 0 N–H and O–H groups in total. The molecule has 5 heteroatoms. The van der Waals surface area contributed by atoms with Crippen LogP contribution in [0.3, 0.4) is 0 Å². The van der Waals surface area contributed by atoms with Crippen LogP contribution in [-0.4, -0.2) is 46.2 Å². The summed E-state index contributed by atoms with van der Waals surface area (Å²) in [6.07, 6.45) is 0.818. The van der Waals surface area contributed by atoms with Crippen LogP contribution in [0.4, 0.5) is 0 Å². The molecule has 0 aliphatic carbocycles. The maximum absolute atomic E-state index is 13.7. The van der Waals surface area contributed by atoms with Gasteiger partial charge in [0.2, 0.25) is 5.91 Å². The average Bonchev–Trinajstić information content (AvgIpc) is 3.36. The molecule has 2 fully saturated rings. The molecule has 1 unspecified atom stereocenters. The van der Waals surface area contributed by atoms with E-state index < -0.39 is 10.8 Å². The Hall–Kier alpha value is -2.92. The number of fused-ring (bicyclic) bond motifs is 1. The van der Waals surface area contributed by atoms with E-state index in [-0.39, 0.29) is 28.4 Å². The molecular weight excluding hydrogens is 442 g/mol. The highest BCUT2D eigenvalue weighted by Crippen LogP contribution is 2.50. The second-order valence-corrected chi connectivity index (χ2v) is 11.2. The van der Waals surface area contributed by atoms with E-state index in [0.29, 0.717) is 18.8 Å². The Bertz CT molecular complexity index is 1140. The Morgan fingerprint density at radius 2 is 1.53 bits per heavy atom. The largest absolute Gasteiger partial charge is 0.496 e. The number of hydrogen-bond acceptors (Lipinski definition) is 3. The number of benzene rings is 3. The van der Waals surface area contributed by atoms with E-state index in [1.165, 1.54) is 11.1 Å². The Morgan fingerprint density at radius 1 is 0.941 bits per heavy atom. The summed E-state index contributed by atoms with van der Waals surface area (Å²) in [7, 11) is 0.677. The third-order valence-corrected chi connectivity index (χ3v) is 9.56. The predicted molar refractivity (Wildman–Crippen MR) is 137 cm³/mol. The Balaban J connectivity index is 1.53. The predicted octanol–water partition coefficient (Wildman–Crippen LogP) is 4.76. The zero-order chi connectivity index (χ0) is 23.7. The van der Waals surface area contributed by atoms with Crippen LogP contribution in [0.5, 0.6) is 5.75 Å². The molecule has 2 aliphatic heterocycles. The highest BCUT2D eigenvalue weighted by atomic mass is 32.2. The number of hydrogen-bond donors (Lipinski definition) is 0. The summed E-state index contributed by atoms with van der Waals surface area (Å²) in [4.78, 5) is 15.7. The standard InChI is InChI=1S/C29H31NO3S/c1-21(24-15-9-10-16-26(24)33-2)28(31)30-19-25-27(20-30)34(32)18-17-29(25,22-11-5-3-6-12-22)23-13-7-4-8-14-23/h3-16,21,25,27H,17-20H2,1-2H3/t21-,25-,27+,34?/m1/s1. The third kappa shape index (κ3) is 3.76. The third-order valence-electron chi connectivity index (χ3n) is 7.80. The van der Waals surface area contributed by atoms with Gasteiger partial charge in [-0.3, -0.25) is 9.00 Å². The number of carbonyl (C=O) groups excluding carboxylic acids is 1. The molecule has 2 heterocycles. The Morgan fingerprint density at radius 3 is 2.15 bits per heavy atom. The quantitative estimate of drug-likeness (QED) is 0.537. The molecule has 176 valence electrons. The molecule has 0 aromatic heterocycles. The van der Waals surface area contributed by atoms with E-state index in [4.69, 9.17) is 4.74 Å². The van der Waals surface area contributed by atoms with E-state index in [9.17, 15) is 9.00 Å². The minimum Gasteiger partial charge on any atom is -0.496 e. The minimum atomic E-state index is -0.959. The van der Waals surface area contributed by atoms with Crippen molar-refractivity contribution >= 4 is 16.7 Å². The molecule has 2 aliphatic rings. The summed E-state index contributed by atoms with van der Waals surface area (Å²) in [6.45, 7) is 3.09. The lowest BCUT2D eigenvalue weighted by molar-refractivity contribution is -0.131. The maximum Gasteiger partial charge on any atom is 0.230 e. The van der Waals surface area contributed by atoms with Crippen molar-refractivity contribution in [1.82, 2.24) is 4.90 Å². The van der Waals surface area contributed by atoms with Crippen LogP contribution in [0, 0.1) is 5.92 Å². The monoisotopic (exact) mass is 473 g/mol. The van der Waals surface area contributed by atoms with Gasteiger partial charge in [0.05, 0.1) is 18.3 Å². The molecule has 0 spiro atoms. The van der Waals surface area contributed by atoms with Crippen molar-refractivity contribution in [3.63, 3.8) is 0 Å². The van der Waals surface area contributed by atoms with Gasteiger partial charge in [-0.2, -0.15) is 0 Å². The number of amides is 1. The summed E-state index contributed by atoms with van der Waals surface area (Å²) in [5.74, 6) is 1.22. The molecule has 0 saturated carbocycles. The van der Waals surface area contributed by atoms with Crippen LogP contribution in [0.1, 0.15) is 36.0 Å². The van der Waals surface area contributed by atoms with Gasteiger partial charge >= 0.3 is 0 Å². The van der Waals surface area contributed by atoms with Crippen molar-refractivity contribution < 1.29 is 13.7 Å². The molecule has 0 radical (unpaired) electrons. The first-order valence-electron chi connectivity index (χ1n) is 12.0. The van der Waals surface area contributed by atoms with Gasteiger partial charge in [0, 0.05) is 46.5 Å². The molecule has 3 aromatic carbocycles. The maximum atomic E-state index is 13.7. The average molecular weight is 474 g/mol. The second-order valence-electron chi connectivity index (χ2n) is 9.39. The first-order chi connectivity index (χ1) is 16.6. The first kappa shape index (κ1) is 22.9. The molecule has 0 bridgehead atoms. The molecule has 5 rings (SSSR count). The van der Waals surface area contributed by atoms with Gasteiger partial charge in [0.15, 0.2) is 0 Å². The fourth-order valence-corrected chi connectivity index (χ4v) is 7.93. The number of methoxy groups -OCH3 is 1. The van der Waals surface area contributed by atoms with Crippen LogP contribution in [0.2, 0.25) is 0 Å². The van der Waals surface area contributed by atoms with Crippen molar-refractivity contribution in [3.8, 4) is 5.75 Å². The number of likely N-dealkylation sites (tertiary alicyclic amines) is 1. The zero-order valence-electron chi connectivity index (χ0n) is 19.7. The normalized spacial score (nSPS) is 24.3. The Labute approximate surface area is 204 Å². The van der Waals surface area contributed by atoms with Crippen LogP contribution in [0.15, 0.2) is 84.9 Å². The van der Waals surface area contributed by atoms with E-state index in [0.717, 1.165) is 17.7 Å². The highest BCUT2D eigenvalue weighted by molar-refractivity contribution is 7.85. The van der Waals surface area contributed by atoms with Crippen LogP contribution >= 0.6 is 0 Å². The number of ether oxygens (including phenoxy) is 1. The van der Waals surface area contributed by atoms with Crippen LogP contribution in [-0.2, 0) is 21.0 Å². The van der Waals surface area contributed by atoms with Crippen molar-refractivity contribution in [1.29, 1.82) is 0 Å². The topological polar surface area (TPSA) is 46.6 Å². The summed E-state index contributed by atoms with van der Waals surface area (Å²) < 4.78 is 18.8. The van der Waals surface area contributed by atoms with Crippen molar-refractivity contribution in [2.75, 3.05) is 26.0 Å². The minimum absolute atomic E-state index is 0.0389. The molecule has 3 aromatic rings. The second kappa shape index (κ2) is 9.38. The van der Waals surface area contributed by atoms with Gasteiger partial charge in [-0.1, -0.05) is 78.9 Å². The molecule has 4 atom stereocenters. The van der Waals surface area contributed by atoms with Gasteiger partial charge in [-0.25, -0.2) is 0 Å². The summed E-state index contributed by atoms with van der Waals surface area (Å²) in [6, 6.07) is 28.9. The van der Waals surface area contributed by atoms with Gasteiger partial charge in [0.25, 0.3) is 0 Å². The van der Waals surface area contributed by atoms with Crippen LogP contribution in [0.25, 0.3) is 0 Å². The number of carbonyl (C=O) groups is 1. The number of rotatable bonds is 5. The molecular formula is C29H31NO3S. The van der Waals surface area contributed by atoms with Gasteiger partial charge < -0.3 is 9.64 Å². The van der Waals surface area contributed by atoms with Gasteiger partial charge in [-0.05, 0) is 30.5 Å². The van der Waals surface area contributed by atoms with Crippen molar-refractivity contribution in [2.24, 2.45) is 5.92 Å². The first-order valence-corrected chi connectivity index (χ1v) is 13.3. The lowest BCUT2D eigenvalue weighted by Gasteiger charge is -2.45. The van der Waals surface area contributed by atoms with E-state index >= 15 is 0 Å². The van der Waals surface area contributed by atoms with E-state index in [1.54, 1.807) is 7.11 Å². The fraction of sp³-hybridized carbons (Fsp3) is 0.345. The van der Waals surface area contributed by atoms with E-state index in [1.807, 2.05) is 48.2 Å². The number of nitrogens with zero attached hydrogens (tertiary/aromatic N) is 1. The van der Waals surface area contributed by atoms with Crippen LogP contribution < -0.4 is 4.74 Å². The van der Waals surface area contributed by atoms with Gasteiger partial charge in [0.1, 0.15) is 5.75 Å². The fourth-order valence-electron chi connectivity index (χ4n) is 6.08. The lowest BCUT2D eigenvalue weighted by atomic mass is 9.63. The zero-order valence-corrected chi connectivity index (χ0v) is 20.5. The lowest BCUT2D eigenvalue weighted by Crippen LogP contribution is -2.49. The smallest absolute Gasteiger partial charge is 0.230 e. The van der Waals surface area contributed by atoms with E-state index in [2.05, 4.69) is 48.5 Å². The summed E-state index contributed by atoms with van der Waals surface area (Å²) in [5.41, 5.74) is 3.13. The van der Waals surface area contributed by atoms with Crippen molar-refractivity contribution in [3.05, 3.63) is 102 Å². The Kier molecular flexibility index (Phi) is 6.30. The summed E-state index contributed by atoms with van der Waals surface area (Å²) >= 11 is 0. The van der Waals surface area contributed by atoms with Gasteiger partial charge in [-0.15, -0.1) is 0 Å². The highest BCUT2D eigenvalue weighted by Gasteiger charge is 2.55. The van der Waals surface area contributed by atoms with Crippen molar-refractivity contribution in [2.45, 2.75) is 29.9 Å². The number of para-hydroxylation sites is 1. The molecule has 1 amide bonds. The SMILES string of the molecule is COc1ccccc1[C@@H](C)C(=O)N1C[C@@H]2[C@H](C1)S(=O)CCC2(c1ccccc1)c1ccccc1. The molecule has 2 saturated heterocycles. The molecule has 4 nitrogen and oxygen atoms in total. The summed E-state index contributed by atoms with van der Waals surface area (Å²) in [5, 5.41) is -0.0389.